The Morgan fingerprint density at radius 2 is 1.85 bits per heavy atom. The molecule has 1 atom stereocenters. The van der Waals surface area contributed by atoms with Gasteiger partial charge in [-0.1, -0.05) is 25.0 Å². The molecule has 1 aliphatic rings. The monoisotopic (exact) mass is 377 g/mol. The highest BCUT2D eigenvalue weighted by atomic mass is 16.6. The summed E-state index contributed by atoms with van der Waals surface area (Å²) in [4.78, 5) is 46.8. The lowest BCUT2D eigenvalue weighted by molar-refractivity contribution is -0.156. The molecule has 9 heteroatoms. The van der Waals surface area contributed by atoms with Crippen molar-refractivity contribution in [3.8, 4) is 5.75 Å². The van der Waals surface area contributed by atoms with E-state index in [0.717, 1.165) is 25.7 Å². The standard InChI is InChI=1S/C18H23N3O6/c1-11(17(24)21-18(25)20-12-6-2-3-7-12)27-15(22)10-26-14-9-5-4-8-13(14)16(19)23/h4-5,8-9,11-12H,2-3,6-7,10H2,1H3,(H2,19,23)(H2,20,21,24,25)/t11-/m0/s1. The van der Waals surface area contributed by atoms with Crippen molar-refractivity contribution in [2.75, 3.05) is 6.61 Å². The maximum absolute atomic E-state index is 11.9. The Hall–Kier alpha value is -3.10. The Kier molecular flexibility index (Phi) is 7.16. The highest BCUT2D eigenvalue weighted by Gasteiger charge is 2.23. The molecule has 1 fully saturated rings. The van der Waals surface area contributed by atoms with Gasteiger partial charge in [0.15, 0.2) is 12.7 Å². The Labute approximate surface area is 156 Å². The van der Waals surface area contributed by atoms with Gasteiger partial charge < -0.3 is 20.5 Å². The van der Waals surface area contributed by atoms with E-state index in [0.29, 0.717) is 0 Å². The van der Waals surface area contributed by atoms with Crippen molar-refractivity contribution in [1.29, 1.82) is 0 Å². The molecule has 4 amide bonds. The molecule has 1 saturated carbocycles. The topological polar surface area (TPSA) is 137 Å². The van der Waals surface area contributed by atoms with Gasteiger partial charge in [0.1, 0.15) is 5.75 Å². The van der Waals surface area contributed by atoms with Gasteiger partial charge in [0.25, 0.3) is 11.8 Å². The van der Waals surface area contributed by atoms with Crippen molar-refractivity contribution in [1.82, 2.24) is 10.6 Å². The average Bonchev–Trinajstić information content (AvgIpc) is 3.12. The fraction of sp³-hybridized carbons (Fsp3) is 0.444. The number of primary amides is 1. The van der Waals surface area contributed by atoms with E-state index in [1.807, 2.05) is 0 Å². The molecule has 0 radical (unpaired) electrons. The zero-order valence-electron chi connectivity index (χ0n) is 15.0. The lowest BCUT2D eigenvalue weighted by atomic mass is 10.2. The number of hydrogen-bond donors (Lipinski definition) is 3. The molecule has 0 unspecified atom stereocenters. The second kappa shape index (κ2) is 9.56. The molecule has 1 aromatic carbocycles. The number of para-hydroxylation sites is 1. The number of imide groups is 1. The smallest absolute Gasteiger partial charge is 0.344 e. The molecule has 4 N–H and O–H groups in total. The van der Waals surface area contributed by atoms with Gasteiger partial charge in [0.2, 0.25) is 0 Å². The maximum atomic E-state index is 11.9. The summed E-state index contributed by atoms with van der Waals surface area (Å²) in [5.74, 6) is -2.13. The molecule has 9 nitrogen and oxygen atoms in total. The van der Waals surface area contributed by atoms with Crippen molar-refractivity contribution in [3.05, 3.63) is 29.8 Å². The molecular weight excluding hydrogens is 354 g/mol. The predicted molar refractivity (Wildman–Crippen MR) is 94.9 cm³/mol. The number of ether oxygens (including phenoxy) is 2. The van der Waals surface area contributed by atoms with E-state index >= 15 is 0 Å². The number of carbonyl (C=O) groups is 4. The van der Waals surface area contributed by atoms with Crippen LogP contribution in [0.5, 0.6) is 5.75 Å². The summed E-state index contributed by atoms with van der Waals surface area (Å²) in [5.41, 5.74) is 5.34. The van der Waals surface area contributed by atoms with E-state index in [-0.39, 0.29) is 17.4 Å². The quantitative estimate of drug-likeness (QED) is 0.603. The van der Waals surface area contributed by atoms with Crippen LogP contribution in [0, 0.1) is 0 Å². The Balaban J connectivity index is 1.76. The summed E-state index contributed by atoms with van der Waals surface area (Å²) < 4.78 is 10.2. The van der Waals surface area contributed by atoms with Gasteiger partial charge in [-0.25, -0.2) is 9.59 Å². The zero-order valence-corrected chi connectivity index (χ0v) is 15.0. The number of esters is 1. The van der Waals surface area contributed by atoms with Crippen LogP contribution in [0.4, 0.5) is 4.79 Å². The van der Waals surface area contributed by atoms with Crippen LogP contribution in [0.1, 0.15) is 43.0 Å². The van der Waals surface area contributed by atoms with Crippen LogP contribution in [0.15, 0.2) is 24.3 Å². The van der Waals surface area contributed by atoms with E-state index in [9.17, 15) is 19.2 Å². The molecule has 0 bridgehead atoms. The SMILES string of the molecule is C[C@H](OC(=O)COc1ccccc1C(N)=O)C(=O)NC(=O)NC1CCCC1. The molecule has 0 aromatic heterocycles. The van der Waals surface area contributed by atoms with Crippen LogP contribution in [0.3, 0.4) is 0 Å². The van der Waals surface area contributed by atoms with Gasteiger partial charge in [-0.3, -0.25) is 14.9 Å². The van der Waals surface area contributed by atoms with Crippen LogP contribution in [-0.4, -0.2) is 42.6 Å². The van der Waals surface area contributed by atoms with Crippen molar-refractivity contribution in [3.63, 3.8) is 0 Å². The molecule has 0 aliphatic heterocycles. The first kappa shape index (κ1) is 20.2. The van der Waals surface area contributed by atoms with Gasteiger partial charge in [-0.2, -0.15) is 0 Å². The normalized spacial score (nSPS) is 14.9. The third kappa shape index (κ3) is 6.28. The number of carbonyl (C=O) groups excluding carboxylic acids is 4. The number of hydrogen-bond acceptors (Lipinski definition) is 6. The largest absolute Gasteiger partial charge is 0.481 e. The first-order chi connectivity index (χ1) is 12.9. The molecular formula is C18H23N3O6. The van der Waals surface area contributed by atoms with Crippen molar-refractivity contribution >= 4 is 23.8 Å². The molecule has 2 rings (SSSR count). The summed E-state index contributed by atoms with van der Waals surface area (Å²) in [5, 5.41) is 4.84. The van der Waals surface area contributed by atoms with Gasteiger partial charge in [-0.05, 0) is 31.9 Å². The molecule has 27 heavy (non-hydrogen) atoms. The lowest BCUT2D eigenvalue weighted by Gasteiger charge is -2.16. The van der Waals surface area contributed by atoms with Crippen molar-refractivity contribution in [2.24, 2.45) is 5.73 Å². The van der Waals surface area contributed by atoms with Crippen molar-refractivity contribution < 1.29 is 28.7 Å². The minimum atomic E-state index is -1.18. The Morgan fingerprint density at radius 3 is 2.52 bits per heavy atom. The summed E-state index contributed by atoms with van der Waals surface area (Å²) in [6.07, 6.45) is 2.69. The minimum absolute atomic E-state index is 0.0642. The van der Waals surface area contributed by atoms with Crippen LogP contribution < -0.4 is 21.1 Å². The molecule has 0 spiro atoms. The number of amides is 4. The fourth-order valence-corrected chi connectivity index (χ4v) is 2.72. The molecule has 1 aliphatic carbocycles. The highest BCUT2D eigenvalue weighted by Crippen LogP contribution is 2.18. The minimum Gasteiger partial charge on any atom is -0.481 e. The second-order valence-electron chi connectivity index (χ2n) is 6.23. The van der Waals surface area contributed by atoms with Gasteiger partial charge in [-0.15, -0.1) is 0 Å². The lowest BCUT2D eigenvalue weighted by Crippen LogP contribution is -2.47. The van der Waals surface area contributed by atoms with Gasteiger partial charge in [0.05, 0.1) is 5.56 Å². The second-order valence-corrected chi connectivity index (χ2v) is 6.23. The van der Waals surface area contributed by atoms with Gasteiger partial charge >= 0.3 is 12.0 Å². The molecule has 0 saturated heterocycles. The third-order valence-electron chi connectivity index (χ3n) is 4.10. The summed E-state index contributed by atoms with van der Waals surface area (Å²) in [6.45, 7) is 0.823. The third-order valence-corrected chi connectivity index (χ3v) is 4.10. The van der Waals surface area contributed by atoms with Crippen LogP contribution in [-0.2, 0) is 14.3 Å². The number of nitrogens with two attached hydrogens (primary N) is 1. The first-order valence-corrected chi connectivity index (χ1v) is 8.69. The fourth-order valence-electron chi connectivity index (χ4n) is 2.72. The predicted octanol–water partition coefficient (Wildman–Crippen LogP) is 0.864. The van der Waals surface area contributed by atoms with E-state index in [1.165, 1.54) is 19.1 Å². The van der Waals surface area contributed by atoms with Crippen LogP contribution in [0.2, 0.25) is 0 Å². The summed E-state index contributed by atoms with van der Waals surface area (Å²) in [7, 11) is 0. The Morgan fingerprint density at radius 1 is 1.19 bits per heavy atom. The maximum Gasteiger partial charge on any atom is 0.344 e. The molecule has 0 heterocycles. The Bertz CT molecular complexity index is 715. The van der Waals surface area contributed by atoms with E-state index in [1.54, 1.807) is 12.1 Å². The zero-order chi connectivity index (χ0) is 19.8. The van der Waals surface area contributed by atoms with Crippen LogP contribution >= 0.6 is 0 Å². The number of nitrogens with one attached hydrogen (secondary N) is 2. The van der Waals surface area contributed by atoms with E-state index < -0.39 is 36.5 Å². The number of urea groups is 1. The number of benzene rings is 1. The van der Waals surface area contributed by atoms with Crippen molar-refractivity contribution in [2.45, 2.75) is 44.8 Å². The average molecular weight is 377 g/mol. The number of rotatable bonds is 7. The summed E-state index contributed by atoms with van der Waals surface area (Å²) >= 11 is 0. The van der Waals surface area contributed by atoms with Crippen LogP contribution in [0.25, 0.3) is 0 Å². The molecule has 1 aromatic rings. The van der Waals surface area contributed by atoms with Gasteiger partial charge in [0, 0.05) is 6.04 Å². The first-order valence-electron chi connectivity index (χ1n) is 8.69. The molecule has 146 valence electrons. The van der Waals surface area contributed by atoms with E-state index in [2.05, 4.69) is 10.6 Å². The summed E-state index contributed by atoms with van der Waals surface area (Å²) in [6, 6.07) is 5.62. The highest BCUT2D eigenvalue weighted by molar-refractivity contribution is 5.97. The van der Waals surface area contributed by atoms with E-state index in [4.69, 9.17) is 15.2 Å².